The number of hydrogen-bond acceptors (Lipinski definition) is 2. The van der Waals surface area contributed by atoms with Crippen molar-refractivity contribution in [3.63, 3.8) is 0 Å². The number of aliphatic carboxylic acids is 1. The fourth-order valence-electron chi connectivity index (χ4n) is 2.11. The third-order valence-electron chi connectivity index (χ3n) is 3.20. The number of urea groups is 1. The van der Waals surface area contributed by atoms with Gasteiger partial charge in [0.25, 0.3) is 0 Å². The van der Waals surface area contributed by atoms with E-state index < -0.39 is 11.5 Å². The molecule has 1 aromatic rings. The Balaban J connectivity index is 3.00. The molecule has 0 aliphatic heterocycles. The summed E-state index contributed by atoms with van der Waals surface area (Å²) in [5, 5.41) is 8.87. The highest BCUT2D eigenvalue weighted by atomic mass is 16.4. The van der Waals surface area contributed by atoms with Crippen LogP contribution in [-0.2, 0) is 4.79 Å². The van der Waals surface area contributed by atoms with E-state index in [2.05, 4.69) is 0 Å². The molecule has 0 heterocycles. The highest BCUT2D eigenvalue weighted by Gasteiger charge is 2.30. The molecule has 0 unspecified atom stereocenters. The summed E-state index contributed by atoms with van der Waals surface area (Å²) in [5.41, 5.74) is 0.379. The second-order valence-corrected chi connectivity index (χ2v) is 5.83. The number of carboxylic acids is 1. The lowest BCUT2D eigenvalue weighted by Crippen LogP contribution is -2.52. The van der Waals surface area contributed by atoms with Crippen LogP contribution >= 0.6 is 0 Å². The lowest BCUT2D eigenvalue weighted by Gasteiger charge is -2.39. The number of anilines is 1. The zero-order chi connectivity index (χ0) is 16.0. The average Bonchev–Trinajstić information content (AvgIpc) is 2.39. The highest BCUT2D eigenvalue weighted by molar-refractivity contribution is 5.92. The first-order chi connectivity index (χ1) is 9.77. The number of hydrogen-bond donors (Lipinski definition) is 1. The smallest absolute Gasteiger partial charge is 0.324 e. The minimum absolute atomic E-state index is 0.0602. The molecule has 0 fully saturated rings. The second kappa shape index (κ2) is 7.11. The average molecular weight is 292 g/mol. The molecular weight excluding hydrogens is 268 g/mol. The van der Waals surface area contributed by atoms with Gasteiger partial charge in [0.1, 0.15) is 0 Å². The maximum absolute atomic E-state index is 12.8. The van der Waals surface area contributed by atoms with E-state index in [1.54, 1.807) is 9.80 Å². The van der Waals surface area contributed by atoms with Gasteiger partial charge >= 0.3 is 12.0 Å². The number of carbonyl (C=O) groups excluding carboxylic acids is 1. The van der Waals surface area contributed by atoms with E-state index >= 15 is 0 Å². The van der Waals surface area contributed by atoms with Gasteiger partial charge < -0.3 is 10.0 Å². The number of amides is 2. The van der Waals surface area contributed by atoms with E-state index in [4.69, 9.17) is 5.11 Å². The zero-order valence-corrected chi connectivity index (χ0v) is 13.2. The maximum atomic E-state index is 12.8. The summed E-state index contributed by atoms with van der Waals surface area (Å²) in [6.07, 6.45) is -0.0602. The summed E-state index contributed by atoms with van der Waals surface area (Å²) < 4.78 is 0. The topological polar surface area (TPSA) is 60.9 Å². The van der Waals surface area contributed by atoms with Gasteiger partial charge in [-0.05, 0) is 39.8 Å². The van der Waals surface area contributed by atoms with Crippen LogP contribution < -0.4 is 4.90 Å². The Labute approximate surface area is 126 Å². The molecule has 0 bridgehead atoms. The molecule has 5 nitrogen and oxygen atoms in total. The normalized spacial score (nSPS) is 11.0. The first-order valence-corrected chi connectivity index (χ1v) is 7.13. The second-order valence-electron chi connectivity index (χ2n) is 5.83. The molecule has 21 heavy (non-hydrogen) atoms. The third-order valence-corrected chi connectivity index (χ3v) is 3.20. The Morgan fingerprint density at radius 1 is 1.14 bits per heavy atom. The van der Waals surface area contributed by atoms with Crippen LogP contribution in [0.1, 0.15) is 34.1 Å². The van der Waals surface area contributed by atoms with Crippen molar-refractivity contribution in [3.8, 4) is 0 Å². The van der Waals surface area contributed by atoms with Gasteiger partial charge in [-0.3, -0.25) is 9.69 Å². The summed E-state index contributed by atoms with van der Waals surface area (Å²) in [5.74, 6) is -0.903. The van der Waals surface area contributed by atoms with Crippen LogP contribution in [0.4, 0.5) is 10.5 Å². The van der Waals surface area contributed by atoms with Crippen LogP contribution in [0, 0.1) is 0 Å². The Bertz CT molecular complexity index is 480. The van der Waals surface area contributed by atoms with Gasteiger partial charge in [-0.15, -0.1) is 0 Å². The van der Waals surface area contributed by atoms with Crippen molar-refractivity contribution in [2.45, 2.75) is 39.7 Å². The molecule has 0 saturated carbocycles. The molecule has 0 atom stereocenters. The molecule has 0 aromatic heterocycles. The van der Waals surface area contributed by atoms with Crippen LogP contribution in [0.2, 0.25) is 0 Å². The highest BCUT2D eigenvalue weighted by Crippen LogP contribution is 2.21. The lowest BCUT2D eigenvalue weighted by atomic mass is 10.1. The number of para-hydroxylation sites is 1. The Kier molecular flexibility index (Phi) is 5.76. The largest absolute Gasteiger partial charge is 0.481 e. The summed E-state index contributed by atoms with van der Waals surface area (Å²) in [4.78, 5) is 26.9. The van der Waals surface area contributed by atoms with Crippen LogP contribution in [0.15, 0.2) is 30.3 Å². The van der Waals surface area contributed by atoms with Gasteiger partial charge in [-0.2, -0.15) is 0 Å². The number of carboxylic acid groups (broad SMARTS) is 1. The van der Waals surface area contributed by atoms with Gasteiger partial charge in [-0.1, -0.05) is 18.2 Å². The molecule has 116 valence electrons. The van der Waals surface area contributed by atoms with Crippen molar-refractivity contribution in [2.75, 3.05) is 18.0 Å². The van der Waals surface area contributed by atoms with Crippen molar-refractivity contribution in [2.24, 2.45) is 0 Å². The summed E-state index contributed by atoms with van der Waals surface area (Å²) in [7, 11) is 0. The van der Waals surface area contributed by atoms with Crippen molar-refractivity contribution in [3.05, 3.63) is 30.3 Å². The molecule has 0 spiro atoms. The van der Waals surface area contributed by atoms with Crippen molar-refractivity contribution in [1.82, 2.24) is 4.90 Å². The van der Waals surface area contributed by atoms with Gasteiger partial charge in [-0.25, -0.2) is 4.79 Å². The number of nitrogens with zero attached hydrogens (tertiary/aromatic N) is 2. The van der Waals surface area contributed by atoms with Crippen molar-refractivity contribution < 1.29 is 14.7 Å². The molecule has 0 saturated heterocycles. The fourth-order valence-corrected chi connectivity index (χ4v) is 2.11. The summed E-state index contributed by atoms with van der Waals surface area (Å²) >= 11 is 0. The first kappa shape index (κ1) is 17.0. The van der Waals surface area contributed by atoms with Gasteiger partial charge in [0, 0.05) is 24.3 Å². The molecule has 1 rings (SSSR count). The van der Waals surface area contributed by atoms with Crippen LogP contribution in [0.25, 0.3) is 0 Å². The minimum Gasteiger partial charge on any atom is -0.481 e. The minimum atomic E-state index is -0.903. The molecular formula is C16H24N2O3. The van der Waals surface area contributed by atoms with Crippen LogP contribution in [-0.4, -0.2) is 40.6 Å². The van der Waals surface area contributed by atoms with E-state index in [-0.39, 0.29) is 19.0 Å². The predicted molar refractivity (Wildman–Crippen MR) is 83.6 cm³/mol. The predicted octanol–water partition coefficient (Wildman–Crippen LogP) is 3.21. The molecule has 0 radical (unpaired) electrons. The number of benzene rings is 1. The Morgan fingerprint density at radius 3 is 2.14 bits per heavy atom. The van der Waals surface area contributed by atoms with Crippen molar-refractivity contribution in [1.29, 1.82) is 0 Å². The number of carbonyl (C=O) groups is 2. The van der Waals surface area contributed by atoms with Crippen molar-refractivity contribution >= 4 is 17.7 Å². The molecule has 0 aliphatic rings. The van der Waals surface area contributed by atoms with Crippen LogP contribution in [0.3, 0.4) is 0 Å². The van der Waals surface area contributed by atoms with Gasteiger partial charge in [0.15, 0.2) is 0 Å². The SMILES string of the molecule is CCN(C(=O)N(CCC(=O)O)C(C)(C)C)c1ccccc1. The molecule has 1 N–H and O–H groups in total. The van der Waals surface area contributed by atoms with Gasteiger partial charge in [0.05, 0.1) is 6.42 Å². The lowest BCUT2D eigenvalue weighted by molar-refractivity contribution is -0.137. The molecule has 0 aliphatic carbocycles. The first-order valence-electron chi connectivity index (χ1n) is 7.13. The molecule has 5 heteroatoms. The fraction of sp³-hybridized carbons (Fsp3) is 0.500. The zero-order valence-electron chi connectivity index (χ0n) is 13.2. The summed E-state index contributed by atoms with van der Waals surface area (Å²) in [6, 6.07) is 9.23. The number of rotatable bonds is 5. The van der Waals surface area contributed by atoms with Crippen LogP contribution in [0.5, 0.6) is 0 Å². The Hall–Kier alpha value is -2.04. The van der Waals surface area contributed by atoms with E-state index in [1.165, 1.54) is 0 Å². The molecule has 2 amide bonds. The third kappa shape index (κ3) is 4.77. The van der Waals surface area contributed by atoms with E-state index in [9.17, 15) is 9.59 Å². The molecule has 1 aromatic carbocycles. The standard InChI is InChI=1S/C16H24N2O3/c1-5-17(13-9-7-6-8-10-13)15(21)18(16(2,3)4)12-11-14(19)20/h6-10H,5,11-12H2,1-4H3,(H,19,20). The summed E-state index contributed by atoms with van der Waals surface area (Å²) in [6.45, 7) is 8.36. The van der Waals surface area contributed by atoms with E-state index in [0.717, 1.165) is 5.69 Å². The van der Waals surface area contributed by atoms with Gasteiger partial charge in [0.2, 0.25) is 0 Å². The monoisotopic (exact) mass is 292 g/mol. The quantitative estimate of drug-likeness (QED) is 0.906. The van der Waals surface area contributed by atoms with E-state index in [0.29, 0.717) is 6.54 Å². The van der Waals surface area contributed by atoms with E-state index in [1.807, 2.05) is 58.0 Å². The Morgan fingerprint density at radius 2 is 1.71 bits per heavy atom. The maximum Gasteiger partial charge on any atom is 0.324 e.